The van der Waals surface area contributed by atoms with E-state index in [9.17, 15) is 4.79 Å². The number of rotatable bonds is 3. The highest BCUT2D eigenvalue weighted by Crippen LogP contribution is 2.21. The average molecular weight is 288 g/mol. The van der Waals surface area contributed by atoms with E-state index in [0.717, 1.165) is 27.8 Å². The molecule has 0 aliphatic carbocycles. The van der Waals surface area contributed by atoms with E-state index in [1.807, 2.05) is 67.6 Å². The molecule has 3 rings (SSSR count). The molecule has 0 saturated carbocycles. The van der Waals surface area contributed by atoms with E-state index < -0.39 is 0 Å². The summed E-state index contributed by atoms with van der Waals surface area (Å²) in [6.07, 6.45) is 3.32. The molecule has 3 aromatic rings. The van der Waals surface area contributed by atoms with Gasteiger partial charge in [-0.25, -0.2) is 0 Å². The molecule has 0 unspecified atom stereocenters. The molecule has 0 spiro atoms. The molecule has 1 heterocycles. The molecule has 0 radical (unpaired) electrons. The first-order chi connectivity index (χ1) is 10.7. The minimum Gasteiger partial charge on any atom is -0.321 e. The van der Waals surface area contributed by atoms with E-state index in [2.05, 4.69) is 10.3 Å². The number of para-hydroxylation sites is 1. The number of benzene rings is 2. The Morgan fingerprint density at radius 3 is 2.64 bits per heavy atom. The fourth-order valence-electron chi connectivity index (χ4n) is 2.26. The van der Waals surface area contributed by atoms with Gasteiger partial charge >= 0.3 is 0 Å². The van der Waals surface area contributed by atoms with Crippen LogP contribution in [0, 0.1) is 6.92 Å². The predicted molar refractivity (Wildman–Crippen MR) is 90.6 cm³/mol. The van der Waals surface area contributed by atoms with Crippen molar-refractivity contribution < 1.29 is 4.79 Å². The number of hydrogen-bond donors (Lipinski definition) is 1. The van der Waals surface area contributed by atoms with Gasteiger partial charge in [0.05, 0.1) is 11.2 Å². The smallest absolute Gasteiger partial charge is 0.248 e. The highest BCUT2D eigenvalue weighted by Gasteiger charge is 2.04. The molecular formula is C19H16N2O. The minimum atomic E-state index is -0.167. The van der Waals surface area contributed by atoms with Gasteiger partial charge in [0, 0.05) is 17.2 Å². The van der Waals surface area contributed by atoms with E-state index in [1.54, 1.807) is 6.08 Å². The van der Waals surface area contributed by atoms with Crippen molar-refractivity contribution in [1.29, 1.82) is 0 Å². The van der Waals surface area contributed by atoms with E-state index >= 15 is 0 Å². The Kier molecular flexibility index (Phi) is 3.97. The Morgan fingerprint density at radius 2 is 1.82 bits per heavy atom. The molecule has 0 aliphatic heterocycles. The lowest BCUT2D eigenvalue weighted by atomic mass is 10.1. The third-order valence-electron chi connectivity index (χ3n) is 3.34. The lowest BCUT2D eigenvalue weighted by molar-refractivity contribution is -0.111. The first kappa shape index (κ1) is 14.0. The third kappa shape index (κ3) is 3.20. The van der Waals surface area contributed by atoms with Crippen molar-refractivity contribution in [2.45, 2.75) is 6.92 Å². The van der Waals surface area contributed by atoms with Crippen LogP contribution in [0.15, 0.2) is 66.7 Å². The van der Waals surface area contributed by atoms with Crippen molar-refractivity contribution >= 4 is 28.6 Å². The maximum absolute atomic E-state index is 12.1. The number of fused-ring (bicyclic) bond motifs is 1. The lowest BCUT2D eigenvalue weighted by Gasteiger charge is -2.07. The fourth-order valence-corrected chi connectivity index (χ4v) is 2.26. The van der Waals surface area contributed by atoms with Crippen molar-refractivity contribution in [1.82, 2.24) is 4.98 Å². The molecule has 0 fully saturated rings. The molecule has 3 heteroatoms. The van der Waals surface area contributed by atoms with Crippen LogP contribution in [0.5, 0.6) is 0 Å². The van der Waals surface area contributed by atoms with Gasteiger partial charge in [-0.2, -0.15) is 0 Å². The molecule has 0 atom stereocenters. The standard InChI is InChI=1S/C19H16N2O/c1-14-10-12-16-8-5-9-17(19(16)20-14)21-18(22)13-11-15-6-3-2-4-7-15/h2-13H,1H3,(H,21,22). The summed E-state index contributed by atoms with van der Waals surface area (Å²) < 4.78 is 0. The molecule has 1 aromatic heterocycles. The second-order valence-corrected chi connectivity index (χ2v) is 5.06. The Balaban J connectivity index is 1.82. The second-order valence-electron chi connectivity index (χ2n) is 5.06. The zero-order valence-corrected chi connectivity index (χ0v) is 12.3. The summed E-state index contributed by atoms with van der Waals surface area (Å²) in [5.74, 6) is -0.167. The molecule has 0 bridgehead atoms. The number of carbonyl (C=O) groups is 1. The summed E-state index contributed by atoms with van der Waals surface area (Å²) in [4.78, 5) is 16.6. The van der Waals surface area contributed by atoms with E-state index in [0.29, 0.717) is 0 Å². The lowest BCUT2D eigenvalue weighted by Crippen LogP contribution is -2.08. The number of pyridine rings is 1. The van der Waals surface area contributed by atoms with Gasteiger partial charge < -0.3 is 5.32 Å². The van der Waals surface area contributed by atoms with Crippen molar-refractivity contribution in [3.8, 4) is 0 Å². The van der Waals surface area contributed by atoms with Crippen LogP contribution >= 0.6 is 0 Å². The van der Waals surface area contributed by atoms with Crippen LogP contribution in [0.1, 0.15) is 11.3 Å². The zero-order valence-electron chi connectivity index (χ0n) is 12.3. The summed E-state index contributed by atoms with van der Waals surface area (Å²) in [6.45, 7) is 1.94. The number of nitrogens with zero attached hydrogens (tertiary/aromatic N) is 1. The maximum atomic E-state index is 12.1. The van der Waals surface area contributed by atoms with Crippen LogP contribution in [0.25, 0.3) is 17.0 Å². The van der Waals surface area contributed by atoms with Gasteiger partial charge in [0.25, 0.3) is 0 Å². The van der Waals surface area contributed by atoms with Crippen molar-refractivity contribution in [3.63, 3.8) is 0 Å². The van der Waals surface area contributed by atoms with Gasteiger partial charge in [0.1, 0.15) is 0 Å². The molecule has 0 saturated heterocycles. The summed E-state index contributed by atoms with van der Waals surface area (Å²) in [5.41, 5.74) is 3.45. The van der Waals surface area contributed by atoms with Crippen LogP contribution in [0.2, 0.25) is 0 Å². The zero-order chi connectivity index (χ0) is 15.4. The van der Waals surface area contributed by atoms with E-state index in [4.69, 9.17) is 0 Å². The van der Waals surface area contributed by atoms with Crippen LogP contribution < -0.4 is 5.32 Å². The van der Waals surface area contributed by atoms with Gasteiger partial charge in [-0.3, -0.25) is 9.78 Å². The van der Waals surface area contributed by atoms with Crippen LogP contribution in [0.4, 0.5) is 5.69 Å². The number of hydrogen-bond acceptors (Lipinski definition) is 2. The Hall–Kier alpha value is -2.94. The van der Waals surface area contributed by atoms with Gasteiger partial charge in [-0.15, -0.1) is 0 Å². The SMILES string of the molecule is Cc1ccc2cccc(NC(=O)C=Cc3ccccc3)c2n1. The van der Waals surface area contributed by atoms with Gasteiger partial charge in [-0.05, 0) is 30.7 Å². The highest BCUT2D eigenvalue weighted by molar-refractivity contribution is 6.06. The third-order valence-corrected chi connectivity index (χ3v) is 3.34. The predicted octanol–water partition coefficient (Wildman–Crippen LogP) is 4.20. The normalized spacial score (nSPS) is 11.0. The van der Waals surface area contributed by atoms with Crippen molar-refractivity contribution in [3.05, 3.63) is 78.0 Å². The summed E-state index contributed by atoms with van der Waals surface area (Å²) in [7, 11) is 0. The average Bonchev–Trinajstić information content (AvgIpc) is 2.54. The van der Waals surface area contributed by atoms with Crippen LogP contribution in [-0.2, 0) is 4.79 Å². The summed E-state index contributed by atoms with van der Waals surface area (Å²) >= 11 is 0. The van der Waals surface area contributed by atoms with E-state index in [1.165, 1.54) is 6.08 Å². The van der Waals surface area contributed by atoms with Gasteiger partial charge in [0.15, 0.2) is 0 Å². The number of aromatic nitrogens is 1. The number of amides is 1. The molecule has 2 aromatic carbocycles. The molecule has 0 aliphatic rings. The number of aryl methyl sites for hydroxylation is 1. The molecule has 1 N–H and O–H groups in total. The van der Waals surface area contributed by atoms with Crippen molar-refractivity contribution in [2.24, 2.45) is 0 Å². The number of nitrogens with one attached hydrogen (secondary N) is 1. The number of anilines is 1. The summed E-state index contributed by atoms with van der Waals surface area (Å²) in [5, 5.41) is 3.90. The topological polar surface area (TPSA) is 42.0 Å². The summed E-state index contributed by atoms with van der Waals surface area (Å²) in [6, 6.07) is 19.5. The fraction of sp³-hybridized carbons (Fsp3) is 0.0526. The molecular weight excluding hydrogens is 272 g/mol. The minimum absolute atomic E-state index is 0.167. The van der Waals surface area contributed by atoms with Crippen molar-refractivity contribution in [2.75, 3.05) is 5.32 Å². The van der Waals surface area contributed by atoms with Gasteiger partial charge in [0.2, 0.25) is 5.91 Å². The maximum Gasteiger partial charge on any atom is 0.248 e. The molecule has 3 nitrogen and oxygen atoms in total. The molecule has 1 amide bonds. The Labute approximate surface area is 129 Å². The largest absolute Gasteiger partial charge is 0.321 e. The molecule has 22 heavy (non-hydrogen) atoms. The molecule has 108 valence electrons. The first-order valence-corrected chi connectivity index (χ1v) is 7.13. The van der Waals surface area contributed by atoms with E-state index in [-0.39, 0.29) is 5.91 Å². The Bertz CT molecular complexity index is 838. The first-order valence-electron chi connectivity index (χ1n) is 7.13. The Morgan fingerprint density at radius 1 is 1.00 bits per heavy atom. The quantitative estimate of drug-likeness (QED) is 0.734. The van der Waals surface area contributed by atoms with Gasteiger partial charge in [-0.1, -0.05) is 48.5 Å². The second kappa shape index (κ2) is 6.22. The monoisotopic (exact) mass is 288 g/mol. The van der Waals surface area contributed by atoms with Crippen LogP contribution in [-0.4, -0.2) is 10.9 Å². The number of carbonyl (C=O) groups excluding carboxylic acids is 1. The highest BCUT2D eigenvalue weighted by atomic mass is 16.1. The van der Waals surface area contributed by atoms with Crippen LogP contribution in [0.3, 0.4) is 0 Å².